The average molecular weight is 272 g/mol. The predicted molar refractivity (Wildman–Crippen MR) is 65.2 cm³/mol. The lowest BCUT2D eigenvalue weighted by Crippen LogP contribution is -2.37. The highest BCUT2D eigenvalue weighted by atomic mass is 19.2. The van der Waals surface area contributed by atoms with Crippen LogP contribution in [0.15, 0.2) is 12.1 Å². The summed E-state index contributed by atoms with van der Waals surface area (Å²) in [6.07, 6.45) is 1.95. The fraction of sp³-hybridized carbons (Fsp3) is 0.462. The Kier molecular flexibility index (Phi) is 3.97. The van der Waals surface area contributed by atoms with E-state index in [4.69, 9.17) is 0 Å². The van der Waals surface area contributed by atoms with Crippen molar-refractivity contribution in [2.24, 2.45) is 0 Å². The summed E-state index contributed by atoms with van der Waals surface area (Å²) < 4.78 is 39.3. The average Bonchev–Trinajstić information content (AvgIpc) is 3.17. The SMILES string of the molecule is CCN(C(=O)CNc1cc(F)cc(F)c1F)C1CC1. The molecule has 0 saturated heterocycles. The Balaban J connectivity index is 2.00. The Labute approximate surface area is 109 Å². The van der Waals surface area contributed by atoms with Gasteiger partial charge in [-0.3, -0.25) is 4.79 Å². The molecule has 1 aromatic rings. The van der Waals surface area contributed by atoms with Crippen molar-refractivity contribution in [3.63, 3.8) is 0 Å². The molecule has 0 radical (unpaired) electrons. The molecule has 0 bridgehead atoms. The van der Waals surface area contributed by atoms with E-state index in [0.717, 1.165) is 18.9 Å². The monoisotopic (exact) mass is 272 g/mol. The summed E-state index contributed by atoms with van der Waals surface area (Å²) >= 11 is 0. The Hall–Kier alpha value is -1.72. The zero-order chi connectivity index (χ0) is 14.0. The summed E-state index contributed by atoms with van der Waals surface area (Å²) in [5.41, 5.74) is -0.335. The van der Waals surface area contributed by atoms with Gasteiger partial charge in [-0.25, -0.2) is 13.2 Å². The fourth-order valence-electron chi connectivity index (χ4n) is 1.98. The van der Waals surface area contributed by atoms with Crippen molar-refractivity contribution < 1.29 is 18.0 Å². The highest BCUT2D eigenvalue weighted by molar-refractivity contribution is 5.81. The van der Waals surface area contributed by atoms with E-state index in [-0.39, 0.29) is 24.2 Å². The molecule has 3 nitrogen and oxygen atoms in total. The van der Waals surface area contributed by atoms with Gasteiger partial charge in [0.2, 0.25) is 5.91 Å². The molecular weight excluding hydrogens is 257 g/mol. The Morgan fingerprint density at radius 2 is 2.05 bits per heavy atom. The van der Waals surface area contributed by atoms with Gasteiger partial charge in [0.05, 0.1) is 12.2 Å². The number of halogens is 3. The highest BCUT2D eigenvalue weighted by Gasteiger charge is 2.31. The molecule has 1 saturated carbocycles. The van der Waals surface area contributed by atoms with Crippen LogP contribution in [0.5, 0.6) is 0 Å². The number of hydrogen-bond donors (Lipinski definition) is 1. The Morgan fingerprint density at radius 3 is 2.63 bits per heavy atom. The quantitative estimate of drug-likeness (QED) is 0.835. The number of hydrogen-bond acceptors (Lipinski definition) is 2. The normalized spacial score (nSPS) is 14.3. The van der Waals surface area contributed by atoms with Gasteiger partial charge >= 0.3 is 0 Å². The topological polar surface area (TPSA) is 32.3 Å². The minimum absolute atomic E-state index is 0.176. The summed E-state index contributed by atoms with van der Waals surface area (Å²) in [4.78, 5) is 13.5. The number of carbonyl (C=O) groups is 1. The van der Waals surface area contributed by atoms with Crippen LogP contribution in [0.1, 0.15) is 19.8 Å². The second kappa shape index (κ2) is 5.50. The molecule has 0 spiro atoms. The van der Waals surface area contributed by atoms with E-state index in [0.29, 0.717) is 12.6 Å². The fourth-order valence-corrected chi connectivity index (χ4v) is 1.98. The Morgan fingerprint density at radius 1 is 1.37 bits per heavy atom. The predicted octanol–water partition coefficient (Wildman–Crippen LogP) is 2.53. The maximum absolute atomic E-state index is 13.4. The largest absolute Gasteiger partial charge is 0.374 e. The molecule has 1 aliphatic rings. The van der Waals surface area contributed by atoms with Crippen LogP contribution in [0.2, 0.25) is 0 Å². The zero-order valence-corrected chi connectivity index (χ0v) is 10.5. The van der Waals surface area contributed by atoms with Gasteiger partial charge in [0.25, 0.3) is 0 Å². The second-order valence-electron chi connectivity index (χ2n) is 4.51. The third kappa shape index (κ3) is 3.19. The molecule has 1 aromatic carbocycles. The van der Waals surface area contributed by atoms with Gasteiger partial charge in [-0.05, 0) is 19.8 Å². The van der Waals surface area contributed by atoms with Crippen LogP contribution < -0.4 is 5.32 Å². The summed E-state index contributed by atoms with van der Waals surface area (Å²) in [5, 5.41) is 2.45. The first-order valence-corrected chi connectivity index (χ1v) is 6.20. The molecule has 19 heavy (non-hydrogen) atoms. The minimum atomic E-state index is -1.27. The number of benzene rings is 1. The number of anilines is 1. The van der Waals surface area contributed by atoms with E-state index in [1.54, 1.807) is 4.90 Å². The number of rotatable bonds is 5. The van der Waals surface area contributed by atoms with Crippen molar-refractivity contribution in [1.82, 2.24) is 4.90 Å². The summed E-state index contributed by atoms with van der Waals surface area (Å²) in [6, 6.07) is 1.55. The lowest BCUT2D eigenvalue weighted by Gasteiger charge is -2.20. The van der Waals surface area contributed by atoms with Crippen molar-refractivity contribution in [3.05, 3.63) is 29.6 Å². The van der Waals surface area contributed by atoms with E-state index in [1.165, 1.54) is 0 Å². The lowest BCUT2D eigenvalue weighted by atomic mass is 10.2. The molecule has 6 heteroatoms. The van der Waals surface area contributed by atoms with E-state index < -0.39 is 17.5 Å². The first kappa shape index (κ1) is 13.7. The Bertz CT molecular complexity index is 489. The smallest absolute Gasteiger partial charge is 0.242 e. The molecule has 0 atom stereocenters. The van der Waals surface area contributed by atoms with Crippen LogP contribution in [0.25, 0.3) is 0 Å². The molecule has 2 rings (SSSR count). The molecule has 1 fully saturated rings. The molecule has 104 valence electrons. The lowest BCUT2D eigenvalue weighted by molar-refractivity contribution is -0.129. The molecule has 1 aliphatic carbocycles. The first-order valence-electron chi connectivity index (χ1n) is 6.20. The van der Waals surface area contributed by atoms with Gasteiger partial charge in [-0.2, -0.15) is 0 Å². The third-order valence-corrected chi connectivity index (χ3v) is 3.07. The van der Waals surface area contributed by atoms with Gasteiger partial charge in [0.15, 0.2) is 11.6 Å². The van der Waals surface area contributed by atoms with Gasteiger partial charge in [0.1, 0.15) is 5.82 Å². The van der Waals surface area contributed by atoms with Gasteiger partial charge in [-0.1, -0.05) is 0 Å². The van der Waals surface area contributed by atoms with Crippen LogP contribution in [-0.2, 0) is 4.79 Å². The summed E-state index contributed by atoms with van der Waals surface area (Å²) in [5.74, 6) is -3.54. The van der Waals surface area contributed by atoms with E-state index >= 15 is 0 Å². The standard InChI is InChI=1S/C13H15F3N2O/c1-2-18(9-3-4-9)12(19)7-17-11-6-8(14)5-10(15)13(11)16/h5-6,9,17H,2-4,7H2,1H3. The van der Waals surface area contributed by atoms with Crippen molar-refractivity contribution >= 4 is 11.6 Å². The minimum Gasteiger partial charge on any atom is -0.374 e. The summed E-state index contributed by atoms with van der Waals surface area (Å²) in [6.45, 7) is 2.26. The van der Waals surface area contributed by atoms with Gasteiger partial charge in [-0.15, -0.1) is 0 Å². The van der Waals surface area contributed by atoms with Crippen LogP contribution in [0.4, 0.5) is 18.9 Å². The van der Waals surface area contributed by atoms with Gasteiger partial charge in [0, 0.05) is 24.7 Å². The third-order valence-electron chi connectivity index (χ3n) is 3.07. The number of carbonyl (C=O) groups excluding carboxylic acids is 1. The highest BCUT2D eigenvalue weighted by Crippen LogP contribution is 2.26. The first-order chi connectivity index (χ1) is 9.02. The van der Waals surface area contributed by atoms with Crippen LogP contribution >= 0.6 is 0 Å². The number of likely N-dealkylation sites (N-methyl/N-ethyl adjacent to an activating group) is 1. The van der Waals surface area contributed by atoms with Crippen molar-refractivity contribution in [1.29, 1.82) is 0 Å². The molecule has 0 unspecified atom stereocenters. The molecule has 0 aromatic heterocycles. The zero-order valence-electron chi connectivity index (χ0n) is 10.5. The van der Waals surface area contributed by atoms with Crippen molar-refractivity contribution in [3.8, 4) is 0 Å². The van der Waals surface area contributed by atoms with Crippen molar-refractivity contribution in [2.45, 2.75) is 25.8 Å². The maximum Gasteiger partial charge on any atom is 0.242 e. The second-order valence-corrected chi connectivity index (χ2v) is 4.51. The van der Waals surface area contributed by atoms with Crippen LogP contribution in [0, 0.1) is 17.5 Å². The molecule has 1 amide bonds. The molecular formula is C13H15F3N2O. The molecule has 0 aliphatic heterocycles. The number of nitrogens with zero attached hydrogens (tertiary/aromatic N) is 1. The van der Waals surface area contributed by atoms with Crippen LogP contribution in [0.3, 0.4) is 0 Å². The number of amides is 1. The van der Waals surface area contributed by atoms with E-state index in [9.17, 15) is 18.0 Å². The number of nitrogens with one attached hydrogen (secondary N) is 1. The van der Waals surface area contributed by atoms with Gasteiger partial charge < -0.3 is 10.2 Å². The van der Waals surface area contributed by atoms with Crippen LogP contribution in [-0.4, -0.2) is 29.9 Å². The van der Waals surface area contributed by atoms with E-state index in [2.05, 4.69) is 5.32 Å². The molecule has 1 N–H and O–H groups in total. The summed E-state index contributed by atoms with van der Waals surface area (Å²) in [7, 11) is 0. The molecule has 0 heterocycles. The van der Waals surface area contributed by atoms with Crippen molar-refractivity contribution in [2.75, 3.05) is 18.4 Å². The maximum atomic E-state index is 13.4. The van der Waals surface area contributed by atoms with E-state index in [1.807, 2.05) is 6.92 Å².